The largest absolute Gasteiger partial charge is 0.362 e. The minimum absolute atomic E-state index is 0.00825. The van der Waals surface area contributed by atoms with Gasteiger partial charge in [0.15, 0.2) is 9.04 Å². The topological polar surface area (TPSA) is 56.0 Å². The Morgan fingerprint density at radius 2 is 2.04 bits per heavy atom. The van der Waals surface area contributed by atoms with Crippen LogP contribution in [0.3, 0.4) is 0 Å². The summed E-state index contributed by atoms with van der Waals surface area (Å²) >= 11 is 6.14. The van der Waals surface area contributed by atoms with Crippen LogP contribution in [0.5, 0.6) is 0 Å². The van der Waals surface area contributed by atoms with E-state index in [1.54, 1.807) is 0 Å². The van der Waals surface area contributed by atoms with Gasteiger partial charge in [-0.05, 0) is 12.1 Å². The fraction of sp³-hybridized carbons (Fsp3) is 0.188. The molecule has 25 heavy (non-hydrogen) atoms. The highest BCUT2D eigenvalue weighted by atomic mass is 35.5. The van der Waals surface area contributed by atoms with Crippen molar-refractivity contribution in [2.75, 3.05) is 11.4 Å². The van der Waals surface area contributed by atoms with Crippen LogP contribution in [-0.4, -0.2) is 25.6 Å². The molecular weight excluding hydrogens is 364 g/mol. The second-order valence-corrected chi connectivity index (χ2v) is 6.63. The predicted octanol–water partition coefficient (Wildman–Crippen LogP) is 2.97. The summed E-state index contributed by atoms with van der Waals surface area (Å²) in [4.78, 5) is 18.4. The summed E-state index contributed by atoms with van der Waals surface area (Å²) < 4.78 is 15.6. The molecule has 0 spiro atoms. The van der Waals surface area contributed by atoms with Crippen LogP contribution >= 0.6 is 20.6 Å². The fourth-order valence-electron chi connectivity index (χ4n) is 3.03. The Morgan fingerprint density at radius 1 is 1.24 bits per heavy atom. The van der Waals surface area contributed by atoms with Crippen molar-refractivity contribution in [3.05, 3.63) is 69.6 Å². The number of benzene rings is 1. The van der Waals surface area contributed by atoms with Gasteiger partial charge in [0.2, 0.25) is 0 Å². The minimum Gasteiger partial charge on any atom is -0.362 e. The lowest BCUT2D eigenvalue weighted by molar-refractivity contribution is 0.692. The summed E-state index contributed by atoms with van der Waals surface area (Å²) in [6.07, 6.45) is 4.01. The second-order valence-electron chi connectivity index (χ2n) is 5.66. The van der Waals surface area contributed by atoms with Gasteiger partial charge in [0, 0.05) is 24.3 Å². The molecule has 0 aliphatic carbocycles. The third kappa shape index (κ3) is 2.83. The van der Waals surface area contributed by atoms with E-state index in [1.165, 1.54) is 6.20 Å². The molecule has 0 saturated heterocycles. The molecule has 0 N–H and O–H groups in total. The van der Waals surface area contributed by atoms with Crippen molar-refractivity contribution in [1.29, 1.82) is 0 Å². The number of hydrogen-bond donors (Lipinski definition) is 0. The zero-order valence-corrected chi connectivity index (χ0v) is 14.8. The highest BCUT2D eigenvalue weighted by Crippen LogP contribution is 2.29. The van der Waals surface area contributed by atoms with E-state index in [-0.39, 0.29) is 5.02 Å². The molecule has 6 nitrogen and oxygen atoms in total. The maximum atomic E-state index is 12.7. The number of hydrogen-bond acceptors (Lipinski definition) is 4. The van der Waals surface area contributed by atoms with Crippen LogP contribution in [0.1, 0.15) is 11.4 Å². The van der Waals surface area contributed by atoms with Crippen LogP contribution in [0.2, 0.25) is 5.02 Å². The molecular formula is C16H14ClFN5OP. The van der Waals surface area contributed by atoms with Crippen molar-refractivity contribution < 1.29 is 4.20 Å². The molecule has 0 bridgehead atoms. The molecule has 1 atom stereocenters. The van der Waals surface area contributed by atoms with Gasteiger partial charge in [-0.15, -0.1) is 0 Å². The number of rotatable bonds is 3. The SMILES string of the molecule is O=c1c(Cl)c(N2CCc3c(ncn3-c3ccccc3)C2)cnn1PF. The van der Waals surface area contributed by atoms with E-state index >= 15 is 0 Å². The smallest absolute Gasteiger partial charge is 0.293 e. The number of anilines is 1. The van der Waals surface area contributed by atoms with Gasteiger partial charge < -0.3 is 9.47 Å². The van der Waals surface area contributed by atoms with Gasteiger partial charge in [-0.1, -0.05) is 29.8 Å². The molecule has 1 unspecified atom stereocenters. The first kappa shape index (κ1) is 16.2. The first-order chi connectivity index (χ1) is 12.2. The van der Waals surface area contributed by atoms with E-state index in [1.807, 2.05) is 41.6 Å². The lowest BCUT2D eigenvalue weighted by Crippen LogP contribution is -2.33. The summed E-state index contributed by atoms with van der Waals surface area (Å²) in [5.74, 6) is 0. The quantitative estimate of drug-likeness (QED) is 0.658. The van der Waals surface area contributed by atoms with Crippen LogP contribution in [0, 0.1) is 0 Å². The van der Waals surface area contributed by atoms with Gasteiger partial charge in [0.05, 0.1) is 30.5 Å². The summed E-state index contributed by atoms with van der Waals surface area (Å²) in [6, 6.07) is 10.0. The number of halogens is 2. The van der Waals surface area contributed by atoms with E-state index in [9.17, 15) is 8.99 Å². The molecule has 0 amide bonds. The molecule has 0 radical (unpaired) electrons. The van der Waals surface area contributed by atoms with Crippen LogP contribution in [0.15, 0.2) is 47.7 Å². The molecule has 1 aromatic carbocycles. The number of aromatic nitrogens is 4. The van der Waals surface area contributed by atoms with E-state index in [0.717, 1.165) is 27.9 Å². The van der Waals surface area contributed by atoms with Gasteiger partial charge >= 0.3 is 0 Å². The lowest BCUT2D eigenvalue weighted by atomic mass is 10.1. The average molecular weight is 378 g/mol. The van der Waals surface area contributed by atoms with Crippen molar-refractivity contribution >= 4 is 26.3 Å². The Kier molecular flexibility index (Phi) is 4.27. The third-order valence-electron chi connectivity index (χ3n) is 4.27. The van der Waals surface area contributed by atoms with Gasteiger partial charge in [0.25, 0.3) is 5.56 Å². The maximum absolute atomic E-state index is 12.7. The van der Waals surface area contributed by atoms with Crippen molar-refractivity contribution in [1.82, 2.24) is 19.1 Å². The Balaban J connectivity index is 1.66. The van der Waals surface area contributed by atoms with Crippen molar-refractivity contribution in [3.8, 4) is 5.69 Å². The highest BCUT2D eigenvalue weighted by Gasteiger charge is 2.24. The van der Waals surface area contributed by atoms with Crippen LogP contribution in [-0.2, 0) is 13.0 Å². The predicted molar refractivity (Wildman–Crippen MR) is 96.6 cm³/mol. The monoisotopic (exact) mass is 377 g/mol. The Bertz CT molecular complexity index is 974. The first-order valence-electron chi connectivity index (χ1n) is 7.69. The summed E-state index contributed by atoms with van der Waals surface area (Å²) in [5, 5.41) is 3.82. The molecule has 1 aliphatic rings. The first-order valence-corrected chi connectivity index (χ1v) is 8.89. The number of fused-ring (bicyclic) bond motifs is 1. The normalized spacial score (nSPS) is 14.2. The lowest BCUT2D eigenvalue weighted by Gasteiger charge is -2.29. The molecule has 9 heteroatoms. The molecule has 128 valence electrons. The van der Waals surface area contributed by atoms with Crippen molar-refractivity contribution in [2.45, 2.75) is 13.0 Å². The fourth-order valence-corrected chi connectivity index (χ4v) is 3.64. The standard InChI is InChI=1S/C16H14ClFN5OP/c17-15-14(8-20-23(25-18)16(15)24)21-7-6-13-12(9-21)19-10-22(13)11-4-2-1-3-5-11/h1-5,8,10,25H,6-7,9H2. The second kappa shape index (κ2) is 6.58. The minimum atomic E-state index is -1.24. The zero-order chi connectivity index (χ0) is 17.4. The van der Waals surface area contributed by atoms with E-state index in [0.29, 0.717) is 18.8 Å². The van der Waals surface area contributed by atoms with Crippen LogP contribution < -0.4 is 10.5 Å². The summed E-state index contributed by atoms with van der Waals surface area (Å²) in [7, 11) is -1.24. The maximum Gasteiger partial charge on any atom is 0.293 e. The van der Waals surface area contributed by atoms with E-state index < -0.39 is 14.6 Å². The molecule has 4 rings (SSSR count). The van der Waals surface area contributed by atoms with Crippen LogP contribution in [0.4, 0.5) is 9.88 Å². The Morgan fingerprint density at radius 3 is 2.80 bits per heavy atom. The summed E-state index contributed by atoms with van der Waals surface area (Å²) in [6.45, 7) is 1.20. The Labute approximate surface area is 149 Å². The number of para-hydroxylation sites is 1. The number of imidazole rings is 1. The highest BCUT2D eigenvalue weighted by molar-refractivity contribution is 7.29. The molecule has 3 heterocycles. The van der Waals surface area contributed by atoms with Crippen molar-refractivity contribution in [3.63, 3.8) is 0 Å². The van der Waals surface area contributed by atoms with Gasteiger partial charge in [0.1, 0.15) is 5.02 Å². The molecule has 0 fully saturated rings. The van der Waals surface area contributed by atoms with E-state index in [4.69, 9.17) is 11.6 Å². The Hall–Kier alpha value is -2.24. The van der Waals surface area contributed by atoms with Gasteiger partial charge in [-0.3, -0.25) is 4.79 Å². The average Bonchev–Trinajstić information content (AvgIpc) is 3.08. The molecule has 2 aromatic heterocycles. The van der Waals surface area contributed by atoms with Gasteiger partial charge in [-0.2, -0.15) is 9.55 Å². The van der Waals surface area contributed by atoms with Crippen LogP contribution in [0.25, 0.3) is 5.69 Å². The van der Waals surface area contributed by atoms with E-state index in [2.05, 4.69) is 14.6 Å². The summed E-state index contributed by atoms with van der Waals surface area (Å²) in [5.41, 5.74) is 3.05. The van der Waals surface area contributed by atoms with Gasteiger partial charge in [-0.25, -0.2) is 9.18 Å². The molecule has 0 saturated carbocycles. The van der Waals surface area contributed by atoms with Crippen molar-refractivity contribution in [2.24, 2.45) is 0 Å². The zero-order valence-electron chi connectivity index (χ0n) is 13.1. The number of nitrogens with zero attached hydrogens (tertiary/aromatic N) is 5. The molecule has 3 aromatic rings. The molecule has 1 aliphatic heterocycles. The third-order valence-corrected chi connectivity index (χ3v) is 5.10.